The van der Waals surface area contributed by atoms with Gasteiger partial charge in [-0.05, 0) is 26.2 Å². The molecule has 0 radical (unpaired) electrons. The summed E-state index contributed by atoms with van der Waals surface area (Å²) in [5, 5.41) is 0. The zero-order chi connectivity index (χ0) is 15.9. The zero-order valence-corrected chi connectivity index (χ0v) is 12.4. The molecular formula is C13H24F3NO3. The third kappa shape index (κ3) is 8.37. The van der Waals surface area contributed by atoms with Gasteiger partial charge in [-0.25, -0.2) is 0 Å². The van der Waals surface area contributed by atoms with E-state index < -0.39 is 36.8 Å². The van der Waals surface area contributed by atoms with Crippen LogP contribution in [0.25, 0.3) is 0 Å². The summed E-state index contributed by atoms with van der Waals surface area (Å²) in [7, 11) is 0. The van der Waals surface area contributed by atoms with E-state index in [1.165, 1.54) is 6.92 Å². The molecule has 0 heterocycles. The molecule has 3 atom stereocenters. The number of hydrogen-bond donors (Lipinski definition) is 1. The molecule has 120 valence electrons. The van der Waals surface area contributed by atoms with Gasteiger partial charge in [0.1, 0.15) is 12.1 Å². The highest BCUT2D eigenvalue weighted by Crippen LogP contribution is 2.22. The number of carbonyl (C=O) groups excluding carboxylic acids is 1. The maximum atomic E-state index is 12.0. The molecule has 0 fully saturated rings. The van der Waals surface area contributed by atoms with Crippen molar-refractivity contribution >= 4 is 5.97 Å². The van der Waals surface area contributed by atoms with Crippen LogP contribution in [0.2, 0.25) is 0 Å². The lowest BCUT2D eigenvalue weighted by atomic mass is 10.0. The van der Waals surface area contributed by atoms with Crippen molar-refractivity contribution in [2.75, 3.05) is 6.61 Å². The highest BCUT2D eigenvalue weighted by atomic mass is 19.4. The summed E-state index contributed by atoms with van der Waals surface area (Å²) >= 11 is 0. The van der Waals surface area contributed by atoms with Crippen LogP contribution in [0, 0.1) is 5.92 Å². The van der Waals surface area contributed by atoms with E-state index in [-0.39, 0.29) is 18.9 Å². The van der Waals surface area contributed by atoms with Gasteiger partial charge in [0.15, 0.2) is 0 Å². The van der Waals surface area contributed by atoms with Gasteiger partial charge in [-0.15, -0.1) is 0 Å². The van der Waals surface area contributed by atoms with Crippen LogP contribution in [0.1, 0.15) is 40.5 Å². The maximum absolute atomic E-state index is 12.0. The molecule has 0 rings (SSSR count). The molecule has 0 aromatic carbocycles. The SMILES string of the molecule is CC(C)[C@H](OC(=O)[C@H](C)N)[C@H](C)OCCCC(F)(F)F. The Bertz CT molecular complexity index is 293. The fourth-order valence-corrected chi connectivity index (χ4v) is 1.65. The van der Waals surface area contributed by atoms with Crippen LogP contribution in [0.15, 0.2) is 0 Å². The summed E-state index contributed by atoms with van der Waals surface area (Å²) < 4.78 is 46.5. The number of ether oxygens (including phenoxy) is 2. The predicted molar refractivity (Wildman–Crippen MR) is 69.1 cm³/mol. The summed E-state index contributed by atoms with van der Waals surface area (Å²) in [5.41, 5.74) is 5.41. The normalized spacial score (nSPS) is 16.9. The van der Waals surface area contributed by atoms with Crippen LogP contribution in [0.3, 0.4) is 0 Å². The van der Waals surface area contributed by atoms with Crippen LogP contribution >= 0.6 is 0 Å². The molecule has 0 aliphatic heterocycles. The minimum atomic E-state index is -4.18. The Balaban J connectivity index is 4.23. The van der Waals surface area contributed by atoms with Gasteiger partial charge in [0.05, 0.1) is 6.10 Å². The minimum Gasteiger partial charge on any atom is -0.458 e. The van der Waals surface area contributed by atoms with Crippen LogP contribution in [-0.4, -0.2) is 37.0 Å². The van der Waals surface area contributed by atoms with Gasteiger partial charge in [-0.3, -0.25) is 4.79 Å². The molecule has 0 saturated heterocycles. The first-order valence-corrected chi connectivity index (χ1v) is 6.69. The number of esters is 1. The molecule has 0 unspecified atom stereocenters. The first-order chi connectivity index (χ1) is 9.04. The molecule has 0 bridgehead atoms. The molecule has 7 heteroatoms. The topological polar surface area (TPSA) is 61.5 Å². The summed E-state index contributed by atoms with van der Waals surface area (Å²) in [5.74, 6) is -0.565. The second kappa shape index (κ2) is 8.46. The highest BCUT2D eigenvalue weighted by Gasteiger charge is 2.28. The number of halogens is 3. The number of carbonyl (C=O) groups is 1. The first-order valence-electron chi connectivity index (χ1n) is 6.69. The van der Waals surface area contributed by atoms with E-state index in [1.807, 2.05) is 13.8 Å². The van der Waals surface area contributed by atoms with Gasteiger partial charge >= 0.3 is 12.1 Å². The monoisotopic (exact) mass is 299 g/mol. The minimum absolute atomic E-state index is 0.0182. The van der Waals surface area contributed by atoms with E-state index in [9.17, 15) is 18.0 Å². The van der Waals surface area contributed by atoms with E-state index in [1.54, 1.807) is 6.92 Å². The lowest BCUT2D eigenvalue weighted by Crippen LogP contribution is -2.40. The van der Waals surface area contributed by atoms with Gasteiger partial charge in [-0.1, -0.05) is 13.8 Å². The molecule has 0 aliphatic rings. The van der Waals surface area contributed by atoms with Gasteiger partial charge in [0.2, 0.25) is 0 Å². The second-order valence-corrected chi connectivity index (χ2v) is 5.23. The average molecular weight is 299 g/mol. The second-order valence-electron chi connectivity index (χ2n) is 5.23. The van der Waals surface area contributed by atoms with Crippen LogP contribution in [-0.2, 0) is 14.3 Å². The van der Waals surface area contributed by atoms with Crippen molar-refractivity contribution in [3.63, 3.8) is 0 Å². The van der Waals surface area contributed by atoms with E-state index in [2.05, 4.69) is 0 Å². The summed E-state index contributed by atoms with van der Waals surface area (Å²) in [6.07, 6.45) is -6.18. The Kier molecular flexibility index (Phi) is 8.12. The van der Waals surface area contributed by atoms with Crippen LogP contribution in [0.4, 0.5) is 13.2 Å². The molecule has 0 spiro atoms. The molecule has 0 aromatic rings. The van der Waals surface area contributed by atoms with Crippen molar-refractivity contribution in [3.8, 4) is 0 Å². The maximum Gasteiger partial charge on any atom is 0.389 e. The third-order valence-corrected chi connectivity index (χ3v) is 2.73. The fourth-order valence-electron chi connectivity index (χ4n) is 1.65. The fraction of sp³-hybridized carbons (Fsp3) is 0.923. The third-order valence-electron chi connectivity index (χ3n) is 2.73. The standard InChI is InChI=1S/C13H24F3NO3/c1-8(2)11(20-12(18)9(3)17)10(4)19-7-5-6-13(14,15)16/h8-11H,5-7,17H2,1-4H3/t9-,10-,11-/m0/s1. The average Bonchev–Trinajstić information content (AvgIpc) is 2.29. The van der Waals surface area contributed by atoms with Crippen molar-refractivity contribution in [2.24, 2.45) is 11.7 Å². The van der Waals surface area contributed by atoms with Gasteiger partial charge in [-0.2, -0.15) is 13.2 Å². The number of hydrogen-bond acceptors (Lipinski definition) is 4. The Morgan fingerprint density at radius 2 is 1.75 bits per heavy atom. The molecule has 0 amide bonds. The van der Waals surface area contributed by atoms with E-state index in [0.717, 1.165) is 0 Å². The lowest BCUT2D eigenvalue weighted by molar-refractivity contribution is -0.163. The Morgan fingerprint density at radius 3 is 2.15 bits per heavy atom. The molecule has 4 nitrogen and oxygen atoms in total. The first kappa shape index (κ1) is 19.2. The Labute approximate surface area is 117 Å². The largest absolute Gasteiger partial charge is 0.458 e. The van der Waals surface area contributed by atoms with Gasteiger partial charge in [0.25, 0.3) is 0 Å². The molecule has 0 saturated carbocycles. The van der Waals surface area contributed by atoms with Crippen LogP contribution < -0.4 is 5.73 Å². The van der Waals surface area contributed by atoms with Crippen molar-refractivity contribution in [1.82, 2.24) is 0 Å². The number of alkyl halides is 3. The van der Waals surface area contributed by atoms with Gasteiger partial charge in [0, 0.05) is 13.0 Å². The van der Waals surface area contributed by atoms with E-state index >= 15 is 0 Å². The van der Waals surface area contributed by atoms with E-state index in [4.69, 9.17) is 15.2 Å². The Hall–Kier alpha value is -0.820. The number of rotatable bonds is 8. The van der Waals surface area contributed by atoms with Crippen molar-refractivity contribution < 1.29 is 27.4 Å². The molecule has 0 aromatic heterocycles. The lowest BCUT2D eigenvalue weighted by Gasteiger charge is -2.28. The summed E-state index contributed by atoms with van der Waals surface area (Å²) in [4.78, 5) is 11.5. The number of nitrogens with two attached hydrogens (primary N) is 1. The van der Waals surface area contributed by atoms with Gasteiger partial charge < -0.3 is 15.2 Å². The molecule has 20 heavy (non-hydrogen) atoms. The predicted octanol–water partition coefficient (Wildman–Crippen LogP) is 2.65. The zero-order valence-electron chi connectivity index (χ0n) is 12.4. The van der Waals surface area contributed by atoms with Crippen molar-refractivity contribution in [1.29, 1.82) is 0 Å². The smallest absolute Gasteiger partial charge is 0.389 e. The quantitative estimate of drug-likeness (QED) is 0.553. The summed E-state index contributed by atoms with van der Waals surface area (Å²) in [6, 6.07) is -0.742. The molecule has 0 aliphatic carbocycles. The van der Waals surface area contributed by atoms with Crippen molar-refractivity contribution in [2.45, 2.75) is 65.0 Å². The molecule has 2 N–H and O–H groups in total. The Morgan fingerprint density at radius 1 is 1.20 bits per heavy atom. The van der Waals surface area contributed by atoms with Crippen molar-refractivity contribution in [3.05, 3.63) is 0 Å². The van der Waals surface area contributed by atoms with E-state index in [0.29, 0.717) is 0 Å². The highest BCUT2D eigenvalue weighted by molar-refractivity contribution is 5.75. The summed E-state index contributed by atoms with van der Waals surface area (Å²) in [6.45, 7) is 6.84. The molecular weight excluding hydrogens is 275 g/mol. The van der Waals surface area contributed by atoms with Crippen LogP contribution in [0.5, 0.6) is 0 Å².